The van der Waals surface area contributed by atoms with Gasteiger partial charge in [-0.25, -0.2) is 4.57 Å². The van der Waals surface area contributed by atoms with Crippen LogP contribution in [0.15, 0.2) is 30.6 Å². The number of aryl methyl sites for hydroxylation is 1. The van der Waals surface area contributed by atoms with Crippen molar-refractivity contribution in [3.05, 3.63) is 30.6 Å². The fourth-order valence-corrected chi connectivity index (χ4v) is 2.33. The Morgan fingerprint density at radius 1 is 1.04 bits per heavy atom. The summed E-state index contributed by atoms with van der Waals surface area (Å²) in [5, 5.41) is 0. The van der Waals surface area contributed by atoms with Crippen LogP contribution >= 0.6 is 0 Å². The predicted octanol–water partition coefficient (Wildman–Crippen LogP) is 3.93. The normalized spacial score (nSPS) is 15.9. The maximum Gasteiger partial charge on any atom is 0.261 e. The molecule has 1 aliphatic heterocycles. The van der Waals surface area contributed by atoms with E-state index in [0.717, 1.165) is 6.61 Å². The zero-order valence-electron chi connectivity index (χ0n) is 16.1. The van der Waals surface area contributed by atoms with E-state index in [1.54, 1.807) is 0 Å². The van der Waals surface area contributed by atoms with Crippen molar-refractivity contribution in [3.8, 4) is 0 Å². The molecule has 5 nitrogen and oxygen atoms in total. The second-order valence-electron chi connectivity index (χ2n) is 6.47. The fourth-order valence-electron chi connectivity index (χ4n) is 2.33. The van der Waals surface area contributed by atoms with E-state index in [9.17, 15) is 8.42 Å². The Morgan fingerprint density at radius 2 is 1.52 bits per heavy atom. The molecule has 146 valence electrons. The second-order valence-corrected chi connectivity index (χ2v) is 7.93. The molecule has 2 rings (SSSR count). The zero-order valence-corrected chi connectivity index (χ0v) is 16.9. The minimum absolute atomic E-state index is 0.635. The van der Waals surface area contributed by atoms with Gasteiger partial charge in [0.05, 0.1) is 12.4 Å². The van der Waals surface area contributed by atoms with E-state index >= 15 is 0 Å². The van der Waals surface area contributed by atoms with Gasteiger partial charge in [-0.2, -0.15) is 8.42 Å². The highest BCUT2D eigenvalue weighted by molar-refractivity contribution is 7.85. The van der Waals surface area contributed by atoms with Gasteiger partial charge in [-0.05, 0) is 12.8 Å². The third-order valence-corrected chi connectivity index (χ3v) is 3.79. The number of unbranched alkanes of at least 4 members (excludes halogenated alkanes) is 6. The van der Waals surface area contributed by atoms with E-state index in [2.05, 4.69) is 6.92 Å². The molecule has 1 atom stereocenters. The van der Waals surface area contributed by atoms with Crippen molar-refractivity contribution in [2.75, 3.05) is 12.9 Å². The molecule has 0 radical (unpaired) electrons. The lowest BCUT2D eigenvalue weighted by molar-refractivity contribution is -0.671. The van der Waals surface area contributed by atoms with Crippen LogP contribution in [-0.2, 0) is 21.9 Å². The van der Waals surface area contributed by atoms with Gasteiger partial charge < -0.3 is 4.74 Å². The summed E-state index contributed by atoms with van der Waals surface area (Å²) < 4.78 is 33.2. The van der Waals surface area contributed by atoms with Gasteiger partial charge in [-0.1, -0.05) is 57.9 Å². The molecule has 1 aromatic heterocycles. The van der Waals surface area contributed by atoms with Gasteiger partial charge in [-0.3, -0.25) is 4.55 Å². The average Bonchev–Trinajstić information content (AvgIpc) is 2.48. The van der Waals surface area contributed by atoms with E-state index in [0.29, 0.717) is 12.4 Å². The van der Waals surface area contributed by atoms with Crippen molar-refractivity contribution in [3.63, 3.8) is 0 Å². The molecule has 1 fully saturated rings. The van der Waals surface area contributed by atoms with Crippen LogP contribution in [0.2, 0.25) is 0 Å². The lowest BCUT2D eigenvalue weighted by Gasteiger charge is -2.26. The molecule has 2 heterocycles. The van der Waals surface area contributed by atoms with Gasteiger partial charge in [0.15, 0.2) is 12.4 Å². The molecule has 1 N–H and O–H groups in total. The first-order chi connectivity index (χ1) is 11.8. The molecule has 1 saturated heterocycles. The molecule has 1 aromatic rings. The summed E-state index contributed by atoms with van der Waals surface area (Å²) in [6.07, 6.45) is 17.9. The molecule has 1 aliphatic rings. The van der Waals surface area contributed by atoms with Crippen molar-refractivity contribution in [2.24, 2.45) is 7.05 Å². The van der Waals surface area contributed by atoms with E-state index < -0.39 is 10.1 Å². The highest BCUT2D eigenvalue weighted by atomic mass is 32.2. The third kappa shape index (κ3) is 21.0. The maximum absolute atomic E-state index is 9.19. The number of ether oxygens (including phenoxy) is 1. The van der Waals surface area contributed by atoms with Crippen molar-refractivity contribution in [1.29, 1.82) is 0 Å². The highest BCUT2D eigenvalue weighted by Gasteiger charge is 2.16. The average molecular weight is 375 g/mol. The van der Waals surface area contributed by atoms with Crippen LogP contribution in [0, 0.1) is 0 Å². The van der Waals surface area contributed by atoms with Gasteiger partial charge in [0.1, 0.15) is 7.05 Å². The van der Waals surface area contributed by atoms with Gasteiger partial charge >= 0.3 is 0 Å². The number of rotatable bonds is 8. The largest absolute Gasteiger partial charge is 0.378 e. The number of nitrogens with zero attached hydrogens (tertiary/aromatic N) is 1. The molecule has 0 bridgehead atoms. The molecule has 1 unspecified atom stereocenters. The van der Waals surface area contributed by atoms with Crippen molar-refractivity contribution in [1.82, 2.24) is 0 Å². The molecule has 0 aromatic carbocycles. The quantitative estimate of drug-likeness (QED) is 0.425. The first kappa shape index (κ1) is 24.0. The Balaban J connectivity index is 0.000000401. The van der Waals surface area contributed by atoms with E-state index in [1.807, 2.05) is 42.2 Å². The summed E-state index contributed by atoms with van der Waals surface area (Å²) in [5.41, 5.74) is 0. The Kier molecular flexibility index (Phi) is 14.7. The summed E-state index contributed by atoms with van der Waals surface area (Å²) in [6, 6.07) is 6.00. The van der Waals surface area contributed by atoms with Crippen LogP contribution < -0.4 is 4.57 Å². The monoisotopic (exact) mass is 374 g/mol. The summed E-state index contributed by atoms with van der Waals surface area (Å²) in [4.78, 5) is 0. The Labute approximate surface area is 154 Å². The Morgan fingerprint density at radius 3 is 1.88 bits per heavy atom. The molecule has 0 aliphatic carbocycles. The topological polar surface area (TPSA) is 67.5 Å². The third-order valence-electron chi connectivity index (χ3n) is 3.79. The van der Waals surface area contributed by atoms with Gasteiger partial charge in [-0.15, -0.1) is 0 Å². The first-order valence-corrected chi connectivity index (χ1v) is 11.1. The zero-order chi connectivity index (χ0) is 19.0. The molecule has 25 heavy (non-hydrogen) atoms. The Hall–Kier alpha value is -0.980. The maximum atomic E-state index is 9.19. The van der Waals surface area contributed by atoms with Gasteiger partial charge in [0.2, 0.25) is 0 Å². The SMILES string of the molecule is CCCCCCCCCC1CCO1.CS(=O)(=O)O.C[n+]1ccccc1. The molecular formula is C19H36NO4S+. The lowest BCUT2D eigenvalue weighted by Crippen LogP contribution is -2.26. The second kappa shape index (κ2) is 15.3. The predicted molar refractivity (Wildman–Crippen MR) is 102 cm³/mol. The number of hydrogen-bond acceptors (Lipinski definition) is 3. The van der Waals surface area contributed by atoms with Crippen LogP contribution in [-0.4, -0.2) is 31.9 Å². The van der Waals surface area contributed by atoms with Crippen molar-refractivity contribution < 1.29 is 22.3 Å². The number of hydrogen-bond donors (Lipinski definition) is 1. The summed E-state index contributed by atoms with van der Waals surface area (Å²) in [6.45, 7) is 3.29. The molecule has 0 spiro atoms. The van der Waals surface area contributed by atoms with Crippen LogP contribution in [0.25, 0.3) is 0 Å². The van der Waals surface area contributed by atoms with Crippen molar-refractivity contribution in [2.45, 2.75) is 70.8 Å². The number of pyridine rings is 1. The number of aromatic nitrogens is 1. The smallest absolute Gasteiger partial charge is 0.261 e. The van der Waals surface area contributed by atoms with E-state index in [1.165, 1.54) is 57.8 Å². The lowest BCUT2D eigenvalue weighted by atomic mass is 10.0. The first-order valence-electron chi connectivity index (χ1n) is 9.27. The van der Waals surface area contributed by atoms with Crippen LogP contribution in [0.1, 0.15) is 64.7 Å². The van der Waals surface area contributed by atoms with Crippen LogP contribution in [0.5, 0.6) is 0 Å². The van der Waals surface area contributed by atoms with Crippen LogP contribution in [0.4, 0.5) is 0 Å². The fraction of sp³-hybridized carbons (Fsp3) is 0.737. The van der Waals surface area contributed by atoms with Crippen LogP contribution in [0.3, 0.4) is 0 Å². The molecule has 0 saturated carbocycles. The minimum atomic E-state index is -3.67. The molecular weight excluding hydrogens is 338 g/mol. The minimum Gasteiger partial charge on any atom is -0.378 e. The highest BCUT2D eigenvalue weighted by Crippen LogP contribution is 2.18. The van der Waals surface area contributed by atoms with Gasteiger partial charge in [0, 0.05) is 18.7 Å². The molecule has 6 heteroatoms. The van der Waals surface area contributed by atoms with Crippen molar-refractivity contribution >= 4 is 10.1 Å². The standard InChI is InChI=1S/C12H24O.C6H8N.CH4O3S/c1-2-3-4-5-6-7-8-9-12-10-11-13-12;1-7-5-3-2-4-6-7;1-5(2,3)4/h12H,2-11H2,1H3;2-6H,1H3;1H3,(H,2,3,4)/q;+1;. The summed E-state index contributed by atoms with van der Waals surface area (Å²) in [5.74, 6) is 0. The Bertz CT molecular complexity index is 493. The van der Waals surface area contributed by atoms with E-state index in [-0.39, 0.29) is 0 Å². The molecule has 0 amide bonds. The summed E-state index contributed by atoms with van der Waals surface area (Å²) in [7, 11) is -1.67. The van der Waals surface area contributed by atoms with E-state index in [4.69, 9.17) is 9.29 Å². The summed E-state index contributed by atoms with van der Waals surface area (Å²) >= 11 is 0. The van der Waals surface area contributed by atoms with Gasteiger partial charge in [0.25, 0.3) is 10.1 Å².